The van der Waals surface area contributed by atoms with Gasteiger partial charge in [0.15, 0.2) is 0 Å². The van der Waals surface area contributed by atoms with Gasteiger partial charge in [-0.2, -0.15) is 0 Å². The van der Waals surface area contributed by atoms with Gasteiger partial charge in [-0.05, 0) is 60.7 Å². The number of thiophene rings is 1. The maximum atomic E-state index is 6.17. The third-order valence-electron chi connectivity index (χ3n) is 5.92. The first-order chi connectivity index (χ1) is 16.3. The molecule has 1 saturated heterocycles. The predicted octanol–water partition coefficient (Wildman–Crippen LogP) is 5.36. The Balaban J connectivity index is 1.22. The molecule has 7 heteroatoms. The van der Waals surface area contributed by atoms with Crippen molar-refractivity contribution in [3.05, 3.63) is 76.7 Å². The van der Waals surface area contributed by atoms with Crippen LogP contribution in [0.1, 0.15) is 23.5 Å². The van der Waals surface area contributed by atoms with Crippen molar-refractivity contribution in [3.63, 3.8) is 0 Å². The molecule has 2 aromatic carbocycles. The van der Waals surface area contributed by atoms with E-state index in [1.807, 2.05) is 36.4 Å². The van der Waals surface area contributed by atoms with Crippen molar-refractivity contribution >= 4 is 28.1 Å². The molecule has 1 aliphatic rings. The Morgan fingerprint density at radius 1 is 0.970 bits per heavy atom. The molecule has 4 aromatic rings. The maximum Gasteiger partial charge on any atom is 0.145 e. The number of benzene rings is 2. The van der Waals surface area contributed by atoms with Crippen LogP contribution in [0, 0.1) is 0 Å². The minimum absolute atomic E-state index is 0.232. The molecule has 6 nitrogen and oxygen atoms in total. The Bertz CT molecular complexity index is 1170. The van der Waals surface area contributed by atoms with E-state index in [0.717, 1.165) is 73.1 Å². The van der Waals surface area contributed by atoms with Crippen LogP contribution < -0.4 is 14.8 Å². The highest BCUT2D eigenvalue weighted by atomic mass is 32.1. The molecule has 1 fully saturated rings. The summed E-state index contributed by atoms with van der Waals surface area (Å²) in [5.74, 6) is 3.50. The summed E-state index contributed by atoms with van der Waals surface area (Å²) in [5.41, 5.74) is 0.980. The molecule has 170 valence electrons. The summed E-state index contributed by atoms with van der Waals surface area (Å²) in [5, 5.41) is 6.68. The molecule has 3 heterocycles. The van der Waals surface area contributed by atoms with Crippen molar-refractivity contribution in [2.45, 2.75) is 32.0 Å². The molecule has 0 radical (unpaired) electrons. The van der Waals surface area contributed by atoms with E-state index in [9.17, 15) is 0 Å². The van der Waals surface area contributed by atoms with Gasteiger partial charge in [0.1, 0.15) is 29.2 Å². The van der Waals surface area contributed by atoms with Crippen LogP contribution in [0.4, 0.5) is 5.82 Å². The molecule has 1 N–H and O–H groups in total. The topological polar surface area (TPSA) is 59.5 Å². The number of nitrogens with one attached hydrogen (secondary N) is 1. The summed E-state index contributed by atoms with van der Waals surface area (Å²) >= 11 is 1.75. The van der Waals surface area contributed by atoms with Gasteiger partial charge in [-0.1, -0.05) is 18.2 Å². The monoisotopic (exact) mass is 460 g/mol. The second kappa shape index (κ2) is 10.2. The Labute approximate surface area is 198 Å². The van der Waals surface area contributed by atoms with Crippen molar-refractivity contribution in [1.82, 2.24) is 14.9 Å². The van der Waals surface area contributed by atoms with E-state index in [1.165, 1.54) is 4.88 Å². The lowest BCUT2D eigenvalue weighted by molar-refractivity contribution is 0.0954. The number of hydrogen-bond donors (Lipinski definition) is 1. The average molecular weight is 461 g/mol. The summed E-state index contributed by atoms with van der Waals surface area (Å²) < 4.78 is 11.4. The molecule has 0 saturated carbocycles. The third-order valence-corrected chi connectivity index (χ3v) is 6.80. The van der Waals surface area contributed by atoms with Crippen molar-refractivity contribution in [2.75, 3.05) is 25.5 Å². The van der Waals surface area contributed by atoms with Gasteiger partial charge in [0.05, 0.1) is 25.7 Å². The first kappa shape index (κ1) is 21.7. The van der Waals surface area contributed by atoms with Crippen molar-refractivity contribution < 1.29 is 9.47 Å². The fourth-order valence-corrected chi connectivity index (χ4v) is 4.79. The van der Waals surface area contributed by atoms with Crippen LogP contribution in [-0.2, 0) is 13.1 Å². The highest BCUT2D eigenvalue weighted by Crippen LogP contribution is 2.24. The van der Waals surface area contributed by atoms with E-state index in [-0.39, 0.29) is 6.10 Å². The van der Waals surface area contributed by atoms with E-state index < -0.39 is 0 Å². The van der Waals surface area contributed by atoms with Gasteiger partial charge in [-0.25, -0.2) is 9.97 Å². The summed E-state index contributed by atoms with van der Waals surface area (Å²) in [6, 6.07) is 20.2. The second-order valence-corrected chi connectivity index (χ2v) is 9.24. The molecular weight excluding hydrogens is 432 g/mol. The Morgan fingerprint density at radius 3 is 2.52 bits per heavy atom. The van der Waals surface area contributed by atoms with Gasteiger partial charge in [0.25, 0.3) is 0 Å². The Kier molecular flexibility index (Phi) is 6.69. The van der Waals surface area contributed by atoms with Crippen LogP contribution in [-0.4, -0.2) is 41.2 Å². The molecule has 0 atom stereocenters. The van der Waals surface area contributed by atoms with E-state index in [0.29, 0.717) is 0 Å². The zero-order valence-electron chi connectivity index (χ0n) is 18.7. The van der Waals surface area contributed by atoms with Crippen LogP contribution >= 0.6 is 11.3 Å². The number of ether oxygens (including phenoxy) is 2. The minimum Gasteiger partial charge on any atom is -0.497 e. The number of methoxy groups -OCH3 is 1. The Hall–Kier alpha value is -3.16. The lowest BCUT2D eigenvalue weighted by Gasteiger charge is -2.31. The summed E-state index contributed by atoms with van der Waals surface area (Å²) in [4.78, 5) is 13.4. The van der Waals surface area contributed by atoms with Crippen molar-refractivity contribution in [3.8, 4) is 11.5 Å². The van der Waals surface area contributed by atoms with E-state index in [2.05, 4.69) is 39.9 Å². The number of rotatable bonds is 8. The summed E-state index contributed by atoms with van der Waals surface area (Å²) in [6.45, 7) is 3.45. The standard InChI is InChI=1S/C26H28N4O2S/c1-31-19-8-10-20(11-9-19)32-21-12-14-30(15-13-21)18-25-28-24-7-3-2-6-23(24)26(29-25)27-17-22-5-4-16-33-22/h2-11,16,21H,12-15,17-18H2,1H3,(H,27,28,29). The molecule has 0 amide bonds. The van der Waals surface area contributed by atoms with Crippen LogP contribution in [0.15, 0.2) is 66.0 Å². The number of nitrogens with zero attached hydrogens (tertiary/aromatic N) is 3. The highest BCUT2D eigenvalue weighted by molar-refractivity contribution is 7.09. The largest absolute Gasteiger partial charge is 0.497 e. The fraction of sp³-hybridized carbons (Fsp3) is 0.308. The summed E-state index contributed by atoms with van der Waals surface area (Å²) in [6.07, 6.45) is 2.21. The number of para-hydroxylation sites is 1. The first-order valence-corrected chi connectivity index (χ1v) is 12.2. The van der Waals surface area contributed by atoms with Crippen LogP contribution in [0.2, 0.25) is 0 Å². The number of hydrogen-bond acceptors (Lipinski definition) is 7. The lowest BCUT2D eigenvalue weighted by Crippen LogP contribution is -2.38. The molecule has 0 unspecified atom stereocenters. The van der Waals surface area contributed by atoms with Crippen LogP contribution in [0.3, 0.4) is 0 Å². The second-order valence-electron chi connectivity index (χ2n) is 8.21. The van der Waals surface area contributed by atoms with Gasteiger partial charge >= 0.3 is 0 Å². The highest BCUT2D eigenvalue weighted by Gasteiger charge is 2.22. The third kappa shape index (κ3) is 5.43. The SMILES string of the molecule is COc1ccc(OC2CCN(Cc3nc(NCc4cccs4)c4ccccc4n3)CC2)cc1. The maximum absolute atomic E-state index is 6.17. The quantitative estimate of drug-likeness (QED) is 0.382. The molecule has 0 bridgehead atoms. The number of likely N-dealkylation sites (tertiary alicyclic amines) is 1. The molecule has 2 aromatic heterocycles. The van der Waals surface area contributed by atoms with Gasteiger partial charge in [-0.15, -0.1) is 11.3 Å². The van der Waals surface area contributed by atoms with Crippen molar-refractivity contribution in [1.29, 1.82) is 0 Å². The molecule has 0 spiro atoms. The van der Waals surface area contributed by atoms with Gasteiger partial charge in [-0.3, -0.25) is 4.90 Å². The molecular formula is C26H28N4O2S. The summed E-state index contributed by atoms with van der Waals surface area (Å²) in [7, 11) is 1.67. The number of aromatic nitrogens is 2. The van der Waals surface area contributed by atoms with Crippen molar-refractivity contribution in [2.24, 2.45) is 0 Å². The van der Waals surface area contributed by atoms with E-state index in [1.54, 1.807) is 18.4 Å². The normalized spacial score (nSPS) is 14.9. The minimum atomic E-state index is 0.232. The van der Waals surface area contributed by atoms with Gasteiger partial charge in [0.2, 0.25) is 0 Å². The lowest BCUT2D eigenvalue weighted by atomic mass is 10.1. The molecule has 0 aliphatic carbocycles. The smallest absolute Gasteiger partial charge is 0.145 e. The zero-order chi connectivity index (χ0) is 22.5. The Morgan fingerprint density at radius 2 is 1.76 bits per heavy atom. The van der Waals surface area contributed by atoms with Crippen LogP contribution in [0.5, 0.6) is 11.5 Å². The predicted molar refractivity (Wildman–Crippen MR) is 133 cm³/mol. The number of piperidine rings is 1. The fourth-order valence-electron chi connectivity index (χ4n) is 4.15. The molecule has 5 rings (SSSR count). The average Bonchev–Trinajstić information content (AvgIpc) is 3.38. The number of anilines is 1. The van der Waals surface area contributed by atoms with E-state index >= 15 is 0 Å². The zero-order valence-corrected chi connectivity index (χ0v) is 19.6. The van der Waals surface area contributed by atoms with E-state index in [4.69, 9.17) is 19.4 Å². The van der Waals surface area contributed by atoms with Gasteiger partial charge < -0.3 is 14.8 Å². The van der Waals surface area contributed by atoms with Crippen LogP contribution in [0.25, 0.3) is 10.9 Å². The van der Waals surface area contributed by atoms with Gasteiger partial charge in [0, 0.05) is 23.4 Å². The molecule has 1 aliphatic heterocycles. The number of fused-ring (bicyclic) bond motifs is 1. The molecule has 33 heavy (non-hydrogen) atoms. The first-order valence-electron chi connectivity index (χ1n) is 11.3.